The number of nitrogens with zero attached hydrogens (tertiary/aromatic N) is 2. The molecule has 0 N–H and O–H groups in total. The van der Waals surface area contributed by atoms with E-state index < -0.39 is 0 Å². The zero-order chi connectivity index (χ0) is 17.5. The molecule has 1 aliphatic carbocycles. The highest BCUT2D eigenvalue weighted by molar-refractivity contribution is 8.01. The summed E-state index contributed by atoms with van der Waals surface area (Å²) in [7, 11) is 0. The number of para-hydroxylation sites is 2. The smallest absolute Gasteiger partial charge is 0.237 e. The van der Waals surface area contributed by atoms with Crippen LogP contribution in [0.15, 0.2) is 52.9 Å². The zero-order valence-corrected chi connectivity index (χ0v) is 16.1. The average molecular weight is 381 g/mol. The zero-order valence-electron chi connectivity index (χ0n) is 14.4. The van der Waals surface area contributed by atoms with Gasteiger partial charge in [-0.05, 0) is 36.6 Å². The summed E-state index contributed by atoms with van der Waals surface area (Å²) in [5.41, 5.74) is 3.53. The maximum atomic E-state index is 13.1. The van der Waals surface area contributed by atoms with Crippen LogP contribution in [0, 0.1) is 0 Å². The van der Waals surface area contributed by atoms with Crippen LogP contribution in [0.1, 0.15) is 37.2 Å². The molecule has 3 nitrogen and oxygen atoms in total. The second-order valence-electron chi connectivity index (χ2n) is 7.02. The summed E-state index contributed by atoms with van der Waals surface area (Å²) in [6.07, 6.45) is 4.83. The van der Waals surface area contributed by atoms with Crippen molar-refractivity contribution in [3.63, 3.8) is 0 Å². The molecule has 26 heavy (non-hydrogen) atoms. The molecule has 132 valence electrons. The van der Waals surface area contributed by atoms with Gasteiger partial charge in [0, 0.05) is 17.6 Å². The summed E-state index contributed by atoms with van der Waals surface area (Å²) in [5, 5.41) is 0. The van der Waals surface area contributed by atoms with Crippen molar-refractivity contribution in [2.24, 2.45) is 0 Å². The molecule has 0 unspecified atom stereocenters. The first-order valence-corrected chi connectivity index (χ1v) is 11.0. The number of thioether (sulfide) groups is 1. The van der Waals surface area contributed by atoms with Gasteiger partial charge in [0.1, 0.15) is 0 Å². The van der Waals surface area contributed by atoms with Gasteiger partial charge in [0.05, 0.1) is 16.0 Å². The first-order valence-electron chi connectivity index (χ1n) is 9.20. The highest BCUT2D eigenvalue weighted by Gasteiger charge is 2.42. The SMILES string of the molecule is O=C(CSc1nc2ccccc2s1)N1c2ccccc2[C@H]2CCCC[C@H]21. The van der Waals surface area contributed by atoms with Gasteiger partial charge in [-0.2, -0.15) is 0 Å². The Kier molecular flexibility index (Phi) is 4.21. The van der Waals surface area contributed by atoms with Crippen LogP contribution in [0.4, 0.5) is 5.69 Å². The van der Waals surface area contributed by atoms with Crippen molar-refractivity contribution in [3.05, 3.63) is 54.1 Å². The summed E-state index contributed by atoms with van der Waals surface area (Å²) in [6.45, 7) is 0. The monoisotopic (exact) mass is 380 g/mol. The Labute approximate surface area is 161 Å². The summed E-state index contributed by atoms with van der Waals surface area (Å²) >= 11 is 3.24. The number of hydrogen-bond donors (Lipinski definition) is 0. The maximum Gasteiger partial charge on any atom is 0.237 e. The number of rotatable bonds is 3. The predicted molar refractivity (Wildman–Crippen MR) is 109 cm³/mol. The minimum Gasteiger partial charge on any atom is -0.308 e. The molecule has 5 heteroatoms. The second-order valence-corrected chi connectivity index (χ2v) is 9.27. The van der Waals surface area contributed by atoms with Crippen molar-refractivity contribution in [2.75, 3.05) is 10.7 Å². The number of fused-ring (bicyclic) bond motifs is 4. The van der Waals surface area contributed by atoms with Gasteiger partial charge in [-0.25, -0.2) is 4.98 Å². The van der Waals surface area contributed by atoms with Crippen LogP contribution in [-0.4, -0.2) is 22.7 Å². The molecule has 0 saturated heterocycles. The van der Waals surface area contributed by atoms with E-state index in [1.54, 1.807) is 23.1 Å². The lowest BCUT2D eigenvalue weighted by Crippen LogP contribution is -2.41. The standard InChI is InChI=1S/C21H20N2OS2/c24-20(13-25-21-22-16-9-3-6-12-19(16)26-21)23-17-10-4-1-7-14(17)15-8-2-5-11-18(15)23/h1,3-4,6-7,9-10,12,15,18H,2,5,8,11,13H2/t15-,18-/m1/s1. The molecule has 3 aromatic rings. The molecular weight excluding hydrogens is 360 g/mol. The largest absolute Gasteiger partial charge is 0.308 e. The van der Waals surface area contributed by atoms with Crippen molar-refractivity contribution in [1.82, 2.24) is 4.98 Å². The fourth-order valence-corrected chi connectivity index (χ4v) is 6.34. The number of anilines is 1. The van der Waals surface area contributed by atoms with Crippen molar-refractivity contribution in [1.29, 1.82) is 0 Å². The van der Waals surface area contributed by atoms with E-state index in [-0.39, 0.29) is 5.91 Å². The molecule has 0 spiro atoms. The van der Waals surface area contributed by atoms with Crippen molar-refractivity contribution in [3.8, 4) is 0 Å². The first kappa shape index (κ1) is 16.3. The molecule has 2 heterocycles. The van der Waals surface area contributed by atoms with Crippen LogP contribution in [0.25, 0.3) is 10.2 Å². The van der Waals surface area contributed by atoms with Crippen LogP contribution in [0.5, 0.6) is 0 Å². The van der Waals surface area contributed by atoms with Crippen LogP contribution in [-0.2, 0) is 4.79 Å². The molecular formula is C21H20N2OS2. The van der Waals surface area contributed by atoms with Crippen molar-refractivity contribution < 1.29 is 4.79 Å². The number of amides is 1. The van der Waals surface area contributed by atoms with Crippen molar-refractivity contribution >= 4 is 44.9 Å². The minimum absolute atomic E-state index is 0.219. The molecule has 2 aromatic carbocycles. The lowest BCUT2D eigenvalue weighted by Gasteiger charge is -2.32. The summed E-state index contributed by atoms with van der Waals surface area (Å²) in [6, 6.07) is 17.0. The van der Waals surface area contributed by atoms with E-state index in [4.69, 9.17) is 0 Å². The van der Waals surface area contributed by atoms with Gasteiger partial charge in [0.2, 0.25) is 5.91 Å². The lowest BCUT2D eigenvalue weighted by molar-refractivity contribution is -0.116. The number of aromatic nitrogens is 1. The number of carbonyl (C=O) groups is 1. The lowest BCUT2D eigenvalue weighted by atomic mass is 9.82. The van der Waals surface area contributed by atoms with E-state index >= 15 is 0 Å². The molecule has 5 rings (SSSR count). The molecule has 1 aromatic heterocycles. The van der Waals surface area contributed by atoms with Gasteiger partial charge in [-0.3, -0.25) is 4.79 Å². The maximum absolute atomic E-state index is 13.1. The summed E-state index contributed by atoms with van der Waals surface area (Å²) < 4.78 is 2.16. The van der Waals surface area contributed by atoms with Crippen molar-refractivity contribution in [2.45, 2.75) is 42.0 Å². The highest BCUT2D eigenvalue weighted by atomic mass is 32.2. The van der Waals surface area contributed by atoms with E-state index in [1.165, 1.54) is 29.5 Å². The van der Waals surface area contributed by atoms with Gasteiger partial charge < -0.3 is 4.90 Å². The highest BCUT2D eigenvalue weighted by Crippen LogP contribution is 2.48. The first-order chi connectivity index (χ1) is 12.8. The minimum atomic E-state index is 0.219. The number of benzene rings is 2. The Hall–Kier alpha value is -1.85. The van der Waals surface area contributed by atoms with E-state index in [0.29, 0.717) is 17.7 Å². The second kappa shape index (κ2) is 6.71. The quantitative estimate of drug-likeness (QED) is 0.566. The molecule has 1 saturated carbocycles. The van der Waals surface area contributed by atoms with Gasteiger partial charge >= 0.3 is 0 Å². The third kappa shape index (κ3) is 2.74. The third-order valence-electron chi connectivity index (χ3n) is 5.52. The molecule has 0 radical (unpaired) electrons. The normalized spacial score (nSPS) is 21.6. The van der Waals surface area contributed by atoms with E-state index in [2.05, 4.69) is 40.2 Å². The fraction of sp³-hybridized carbons (Fsp3) is 0.333. The van der Waals surface area contributed by atoms with Crippen LogP contribution in [0.2, 0.25) is 0 Å². The summed E-state index contributed by atoms with van der Waals surface area (Å²) in [5.74, 6) is 1.20. The van der Waals surface area contributed by atoms with E-state index in [9.17, 15) is 4.79 Å². The van der Waals surface area contributed by atoms with Gasteiger partial charge in [-0.1, -0.05) is 54.9 Å². The molecule has 2 atom stereocenters. The molecule has 1 fully saturated rings. The number of carbonyl (C=O) groups excluding carboxylic acids is 1. The van der Waals surface area contributed by atoms with Gasteiger partial charge in [0.25, 0.3) is 0 Å². The van der Waals surface area contributed by atoms with E-state index in [0.717, 1.165) is 22.0 Å². The molecule has 1 amide bonds. The predicted octanol–water partition coefficient (Wildman–Crippen LogP) is 5.46. The average Bonchev–Trinajstić information content (AvgIpc) is 3.25. The fourth-order valence-electron chi connectivity index (χ4n) is 4.41. The van der Waals surface area contributed by atoms with Crippen LogP contribution < -0.4 is 4.90 Å². The molecule has 0 bridgehead atoms. The molecule has 2 aliphatic rings. The Bertz CT molecular complexity index is 934. The Morgan fingerprint density at radius 3 is 2.85 bits per heavy atom. The van der Waals surface area contributed by atoms with E-state index in [1.807, 2.05) is 18.2 Å². The third-order valence-corrected chi connectivity index (χ3v) is 7.68. The topological polar surface area (TPSA) is 33.2 Å². The summed E-state index contributed by atoms with van der Waals surface area (Å²) in [4.78, 5) is 19.9. The number of thiazole rings is 1. The molecule has 1 aliphatic heterocycles. The Morgan fingerprint density at radius 2 is 1.92 bits per heavy atom. The Morgan fingerprint density at radius 1 is 1.12 bits per heavy atom. The van der Waals surface area contributed by atoms with Crippen LogP contribution >= 0.6 is 23.1 Å². The van der Waals surface area contributed by atoms with Crippen LogP contribution in [0.3, 0.4) is 0 Å². The number of hydrogen-bond acceptors (Lipinski definition) is 4. The van der Waals surface area contributed by atoms with Gasteiger partial charge in [0.15, 0.2) is 4.34 Å². The Balaban J connectivity index is 1.37. The van der Waals surface area contributed by atoms with Gasteiger partial charge in [-0.15, -0.1) is 11.3 Å².